The summed E-state index contributed by atoms with van der Waals surface area (Å²) >= 11 is 0. The van der Waals surface area contributed by atoms with Crippen LogP contribution in [0.2, 0.25) is 0 Å². The molecule has 3 heterocycles. The van der Waals surface area contributed by atoms with Gasteiger partial charge in [0.15, 0.2) is 5.89 Å². The molecular formula is C21H22N4O4. The van der Waals surface area contributed by atoms with E-state index in [1.54, 1.807) is 4.90 Å². The average molecular weight is 394 g/mol. The Kier molecular flexibility index (Phi) is 4.92. The smallest absolute Gasteiger partial charge is 0.331 e. The number of benzene rings is 1. The van der Waals surface area contributed by atoms with E-state index in [9.17, 15) is 14.4 Å². The summed E-state index contributed by atoms with van der Waals surface area (Å²) in [6, 6.07) is 11.3. The molecule has 0 fully saturated rings. The fraction of sp³-hybridized carbons (Fsp3) is 0.333. The summed E-state index contributed by atoms with van der Waals surface area (Å²) in [4.78, 5) is 43.1. The van der Waals surface area contributed by atoms with Gasteiger partial charge in [0.05, 0.1) is 6.54 Å². The van der Waals surface area contributed by atoms with Crippen molar-refractivity contribution in [3.05, 3.63) is 85.8 Å². The van der Waals surface area contributed by atoms with Crippen molar-refractivity contribution < 1.29 is 9.21 Å². The molecule has 1 aliphatic heterocycles. The van der Waals surface area contributed by atoms with Gasteiger partial charge in [0.25, 0.3) is 11.5 Å². The molecule has 1 aromatic carbocycles. The number of oxazole rings is 1. The van der Waals surface area contributed by atoms with Crippen molar-refractivity contribution in [2.24, 2.45) is 14.1 Å². The normalized spacial score (nSPS) is 13.4. The van der Waals surface area contributed by atoms with Crippen molar-refractivity contribution in [1.29, 1.82) is 0 Å². The first-order valence-electron chi connectivity index (χ1n) is 9.51. The molecule has 0 saturated carbocycles. The van der Waals surface area contributed by atoms with Gasteiger partial charge in [-0.2, -0.15) is 0 Å². The Bertz CT molecular complexity index is 1170. The molecule has 0 unspecified atom stereocenters. The molecular weight excluding hydrogens is 372 g/mol. The van der Waals surface area contributed by atoms with Gasteiger partial charge in [-0.3, -0.25) is 18.7 Å². The van der Waals surface area contributed by atoms with E-state index in [1.807, 2.05) is 18.2 Å². The van der Waals surface area contributed by atoms with E-state index in [-0.39, 0.29) is 11.6 Å². The Morgan fingerprint density at radius 2 is 1.86 bits per heavy atom. The molecule has 0 aliphatic carbocycles. The minimum Gasteiger partial charge on any atom is -0.445 e. The Balaban J connectivity index is 1.50. The molecule has 4 rings (SSSR count). The predicted octanol–water partition coefficient (Wildman–Crippen LogP) is 1.06. The molecule has 8 heteroatoms. The molecule has 1 amide bonds. The van der Waals surface area contributed by atoms with E-state index in [0.717, 1.165) is 22.4 Å². The zero-order valence-corrected chi connectivity index (χ0v) is 16.4. The van der Waals surface area contributed by atoms with Gasteiger partial charge < -0.3 is 9.32 Å². The lowest BCUT2D eigenvalue weighted by molar-refractivity contribution is 0.0715. The van der Waals surface area contributed by atoms with Gasteiger partial charge in [0.2, 0.25) is 0 Å². The molecule has 0 atom stereocenters. The minimum absolute atomic E-state index is 0.0781. The fourth-order valence-electron chi connectivity index (χ4n) is 3.53. The van der Waals surface area contributed by atoms with Crippen LogP contribution in [0.5, 0.6) is 0 Å². The lowest BCUT2D eigenvalue weighted by atomic mass is 10.1. The monoisotopic (exact) mass is 394 g/mol. The molecule has 0 radical (unpaired) electrons. The van der Waals surface area contributed by atoms with Crippen molar-refractivity contribution in [2.45, 2.75) is 25.8 Å². The summed E-state index contributed by atoms with van der Waals surface area (Å²) in [6.07, 6.45) is 2.07. The third-order valence-electron chi connectivity index (χ3n) is 5.27. The van der Waals surface area contributed by atoms with E-state index in [1.165, 1.54) is 30.3 Å². The number of hydrogen-bond donors (Lipinski definition) is 0. The Labute approximate surface area is 167 Å². The van der Waals surface area contributed by atoms with Crippen molar-refractivity contribution in [3.63, 3.8) is 0 Å². The number of aryl methyl sites for hydroxylation is 2. The topological polar surface area (TPSA) is 90.3 Å². The summed E-state index contributed by atoms with van der Waals surface area (Å²) in [5.74, 6) is 1.10. The van der Waals surface area contributed by atoms with Crippen molar-refractivity contribution >= 4 is 5.91 Å². The highest BCUT2D eigenvalue weighted by Gasteiger charge is 2.27. The van der Waals surface area contributed by atoms with Crippen LogP contribution in [-0.4, -0.2) is 31.5 Å². The van der Waals surface area contributed by atoms with Crippen LogP contribution in [0, 0.1) is 0 Å². The van der Waals surface area contributed by atoms with E-state index in [2.05, 4.69) is 17.1 Å². The molecule has 0 bridgehead atoms. The Hall–Kier alpha value is -3.42. The van der Waals surface area contributed by atoms with Gasteiger partial charge >= 0.3 is 5.69 Å². The first kappa shape index (κ1) is 18.9. The zero-order chi connectivity index (χ0) is 20.5. The summed E-state index contributed by atoms with van der Waals surface area (Å²) in [7, 11) is 2.88. The molecule has 0 N–H and O–H groups in total. The zero-order valence-electron chi connectivity index (χ0n) is 16.4. The number of hydrogen-bond acceptors (Lipinski definition) is 5. The summed E-state index contributed by atoms with van der Waals surface area (Å²) in [6.45, 7) is 0.745. The van der Waals surface area contributed by atoms with E-state index >= 15 is 0 Å². The number of rotatable bonds is 4. The summed E-state index contributed by atoms with van der Waals surface area (Å²) in [5, 5.41) is 0. The maximum atomic E-state index is 12.9. The number of nitrogens with zero attached hydrogens (tertiary/aromatic N) is 4. The van der Waals surface area contributed by atoms with E-state index in [0.29, 0.717) is 31.8 Å². The van der Waals surface area contributed by atoms with Gasteiger partial charge in [0.1, 0.15) is 17.1 Å². The molecule has 29 heavy (non-hydrogen) atoms. The van der Waals surface area contributed by atoms with E-state index < -0.39 is 11.2 Å². The lowest BCUT2D eigenvalue weighted by Crippen LogP contribution is -2.43. The van der Waals surface area contributed by atoms with Crippen LogP contribution in [0.4, 0.5) is 0 Å². The van der Waals surface area contributed by atoms with E-state index in [4.69, 9.17) is 4.42 Å². The van der Waals surface area contributed by atoms with Crippen LogP contribution in [0.15, 0.2) is 50.4 Å². The van der Waals surface area contributed by atoms with Crippen LogP contribution in [0.25, 0.3) is 0 Å². The SMILES string of the molecule is Cn1c(C(=O)N2CCc3oc(CCc4ccccc4)nc3C2)cc(=O)n(C)c1=O. The van der Waals surface area contributed by atoms with Crippen LogP contribution < -0.4 is 11.2 Å². The number of fused-ring (bicyclic) bond motifs is 1. The van der Waals surface area contributed by atoms with Crippen molar-refractivity contribution in [2.75, 3.05) is 6.54 Å². The minimum atomic E-state index is -0.525. The molecule has 3 aromatic rings. The van der Waals surface area contributed by atoms with Crippen molar-refractivity contribution in [3.8, 4) is 0 Å². The highest BCUT2D eigenvalue weighted by molar-refractivity contribution is 5.92. The summed E-state index contributed by atoms with van der Waals surface area (Å²) in [5.41, 5.74) is 1.00. The second-order valence-corrected chi connectivity index (χ2v) is 7.21. The second-order valence-electron chi connectivity index (χ2n) is 7.21. The van der Waals surface area contributed by atoms with Gasteiger partial charge in [-0.15, -0.1) is 0 Å². The fourth-order valence-corrected chi connectivity index (χ4v) is 3.53. The average Bonchev–Trinajstić information content (AvgIpc) is 3.15. The maximum absolute atomic E-state index is 12.9. The largest absolute Gasteiger partial charge is 0.445 e. The Morgan fingerprint density at radius 3 is 2.62 bits per heavy atom. The lowest BCUT2D eigenvalue weighted by Gasteiger charge is -2.26. The second kappa shape index (κ2) is 7.54. The highest BCUT2D eigenvalue weighted by atomic mass is 16.4. The number of amides is 1. The first-order valence-corrected chi connectivity index (χ1v) is 9.51. The van der Waals surface area contributed by atoms with Crippen LogP contribution in [-0.2, 0) is 39.9 Å². The van der Waals surface area contributed by atoms with Gasteiger partial charge in [-0.25, -0.2) is 9.78 Å². The van der Waals surface area contributed by atoms with Crippen LogP contribution in [0.3, 0.4) is 0 Å². The molecule has 0 spiro atoms. The van der Waals surface area contributed by atoms with Gasteiger partial charge in [-0.1, -0.05) is 30.3 Å². The third kappa shape index (κ3) is 3.65. The highest BCUT2D eigenvalue weighted by Crippen LogP contribution is 2.22. The number of aromatic nitrogens is 3. The molecule has 1 aliphatic rings. The Morgan fingerprint density at radius 1 is 1.10 bits per heavy atom. The molecule has 0 saturated heterocycles. The molecule has 2 aromatic heterocycles. The number of carbonyl (C=O) groups excluding carboxylic acids is 1. The predicted molar refractivity (Wildman–Crippen MR) is 106 cm³/mol. The summed E-state index contributed by atoms with van der Waals surface area (Å²) < 4.78 is 8.06. The molecule has 150 valence electrons. The number of carbonyl (C=O) groups is 1. The van der Waals surface area contributed by atoms with Crippen LogP contribution in [0.1, 0.15) is 33.4 Å². The van der Waals surface area contributed by atoms with Crippen molar-refractivity contribution in [1.82, 2.24) is 19.0 Å². The first-order chi connectivity index (χ1) is 13.9. The molecule has 8 nitrogen and oxygen atoms in total. The van der Waals surface area contributed by atoms with Gasteiger partial charge in [-0.05, 0) is 12.0 Å². The van der Waals surface area contributed by atoms with Gasteiger partial charge in [0, 0.05) is 39.5 Å². The maximum Gasteiger partial charge on any atom is 0.331 e. The quantitative estimate of drug-likeness (QED) is 0.660. The van der Waals surface area contributed by atoms with Crippen LogP contribution >= 0.6 is 0 Å². The standard InChI is InChI=1S/C21H22N4O4/c1-23-16(12-19(26)24(2)21(23)28)20(27)25-11-10-17-15(13-25)22-18(29-17)9-8-14-6-4-3-5-7-14/h3-7,12H,8-11,13H2,1-2H3. The third-order valence-corrected chi connectivity index (χ3v) is 5.27.